The molecule has 1 amide bonds. The molecule has 3 aromatic rings. The highest BCUT2D eigenvalue weighted by molar-refractivity contribution is 5.96. The van der Waals surface area contributed by atoms with Gasteiger partial charge < -0.3 is 19.2 Å². The normalized spacial score (nSPS) is 10.6. The van der Waals surface area contributed by atoms with Gasteiger partial charge in [-0.15, -0.1) is 0 Å². The highest BCUT2D eigenvalue weighted by atomic mass is 16.5. The summed E-state index contributed by atoms with van der Waals surface area (Å²) in [5.74, 6) is 1.24. The summed E-state index contributed by atoms with van der Waals surface area (Å²) in [5, 5.41) is 2.94. The first-order valence-electron chi connectivity index (χ1n) is 8.94. The maximum atomic E-state index is 12.5. The maximum Gasteiger partial charge on any atom is 0.255 e. The van der Waals surface area contributed by atoms with Crippen molar-refractivity contribution in [3.05, 3.63) is 89.4 Å². The van der Waals surface area contributed by atoms with E-state index in [1.807, 2.05) is 55.5 Å². The molecular weight excluding hydrogens is 342 g/mol. The van der Waals surface area contributed by atoms with Gasteiger partial charge in [0.1, 0.15) is 18.1 Å². The quantitative estimate of drug-likeness (QED) is 0.613. The molecule has 0 atom stereocenters. The Bertz CT molecular complexity index is 858. The van der Waals surface area contributed by atoms with Crippen LogP contribution in [0.25, 0.3) is 0 Å². The van der Waals surface area contributed by atoms with Crippen molar-refractivity contribution in [1.82, 2.24) is 5.32 Å². The Kier molecular flexibility index (Phi) is 6.66. The summed E-state index contributed by atoms with van der Waals surface area (Å²) in [6, 6.07) is 18.9. The fourth-order valence-electron chi connectivity index (χ4n) is 2.71. The SMILES string of the molecule is CCOc1ccccc1C(=O)NCc1cccc(COCc2ccco2)c1. The van der Waals surface area contributed by atoms with Crippen LogP contribution in [0.5, 0.6) is 5.75 Å². The number of amides is 1. The van der Waals surface area contributed by atoms with Crippen molar-refractivity contribution in [2.24, 2.45) is 0 Å². The summed E-state index contributed by atoms with van der Waals surface area (Å²) in [4.78, 5) is 12.5. The van der Waals surface area contributed by atoms with Crippen molar-refractivity contribution in [3.63, 3.8) is 0 Å². The number of furan rings is 1. The van der Waals surface area contributed by atoms with Crippen LogP contribution in [-0.2, 0) is 24.5 Å². The van der Waals surface area contributed by atoms with Gasteiger partial charge in [-0.1, -0.05) is 36.4 Å². The number of ether oxygens (including phenoxy) is 2. The molecule has 1 aromatic heterocycles. The summed E-state index contributed by atoms with van der Waals surface area (Å²) in [5.41, 5.74) is 2.59. The van der Waals surface area contributed by atoms with E-state index in [0.29, 0.717) is 37.7 Å². The first-order valence-corrected chi connectivity index (χ1v) is 8.94. The fraction of sp³-hybridized carbons (Fsp3) is 0.227. The number of hydrogen-bond acceptors (Lipinski definition) is 4. The van der Waals surface area contributed by atoms with Gasteiger partial charge in [0.15, 0.2) is 0 Å². The van der Waals surface area contributed by atoms with Gasteiger partial charge in [-0.25, -0.2) is 0 Å². The van der Waals surface area contributed by atoms with Crippen LogP contribution < -0.4 is 10.1 Å². The van der Waals surface area contributed by atoms with Gasteiger partial charge in [-0.05, 0) is 42.3 Å². The Morgan fingerprint density at radius 1 is 1.00 bits per heavy atom. The number of para-hydroxylation sites is 1. The molecule has 5 heteroatoms. The second-order valence-corrected chi connectivity index (χ2v) is 6.00. The minimum atomic E-state index is -0.154. The first-order chi connectivity index (χ1) is 13.3. The van der Waals surface area contributed by atoms with Crippen molar-refractivity contribution in [2.45, 2.75) is 26.7 Å². The topological polar surface area (TPSA) is 60.7 Å². The van der Waals surface area contributed by atoms with Crippen LogP contribution in [0.3, 0.4) is 0 Å². The zero-order valence-corrected chi connectivity index (χ0v) is 15.3. The van der Waals surface area contributed by atoms with Gasteiger partial charge in [0.2, 0.25) is 0 Å². The van der Waals surface area contributed by atoms with Crippen LogP contribution in [0.15, 0.2) is 71.3 Å². The monoisotopic (exact) mass is 365 g/mol. The highest BCUT2D eigenvalue weighted by Crippen LogP contribution is 2.18. The molecule has 0 spiro atoms. The molecule has 0 saturated carbocycles. The third-order valence-electron chi connectivity index (χ3n) is 3.97. The molecule has 1 heterocycles. The minimum Gasteiger partial charge on any atom is -0.493 e. The number of nitrogens with one attached hydrogen (secondary N) is 1. The van der Waals surface area contributed by atoms with E-state index >= 15 is 0 Å². The predicted molar refractivity (Wildman–Crippen MR) is 102 cm³/mol. The lowest BCUT2D eigenvalue weighted by Crippen LogP contribution is -2.23. The molecule has 0 aliphatic rings. The lowest BCUT2D eigenvalue weighted by Gasteiger charge is -2.11. The highest BCUT2D eigenvalue weighted by Gasteiger charge is 2.11. The molecule has 0 fully saturated rings. The summed E-state index contributed by atoms with van der Waals surface area (Å²) in [6.45, 7) is 3.77. The van der Waals surface area contributed by atoms with Crippen LogP contribution in [0.2, 0.25) is 0 Å². The Labute approximate surface area is 158 Å². The van der Waals surface area contributed by atoms with Gasteiger partial charge >= 0.3 is 0 Å². The summed E-state index contributed by atoms with van der Waals surface area (Å²) in [6.07, 6.45) is 1.63. The average Bonchev–Trinajstić information content (AvgIpc) is 3.21. The molecule has 0 unspecified atom stereocenters. The standard InChI is InChI=1S/C22H23NO4/c1-2-26-21-11-4-3-10-20(21)22(24)23-14-17-7-5-8-18(13-17)15-25-16-19-9-6-12-27-19/h3-13H,2,14-16H2,1H3,(H,23,24). The molecule has 0 radical (unpaired) electrons. The third-order valence-corrected chi connectivity index (χ3v) is 3.97. The molecule has 0 aliphatic carbocycles. The smallest absolute Gasteiger partial charge is 0.255 e. The minimum absolute atomic E-state index is 0.154. The maximum absolute atomic E-state index is 12.5. The van der Waals surface area contributed by atoms with Crippen LogP contribution in [0, 0.1) is 0 Å². The number of hydrogen-bond donors (Lipinski definition) is 1. The van der Waals surface area contributed by atoms with Crippen LogP contribution in [0.1, 0.15) is 34.2 Å². The molecule has 3 rings (SSSR count). The molecular formula is C22H23NO4. The number of benzene rings is 2. The van der Waals surface area contributed by atoms with Gasteiger partial charge in [-0.2, -0.15) is 0 Å². The second-order valence-electron chi connectivity index (χ2n) is 6.00. The summed E-state index contributed by atoms with van der Waals surface area (Å²) >= 11 is 0. The molecule has 0 saturated heterocycles. The van der Waals surface area contributed by atoms with E-state index in [2.05, 4.69) is 5.32 Å². The van der Waals surface area contributed by atoms with Crippen molar-refractivity contribution < 1.29 is 18.7 Å². The van der Waals surface area contributed by atoms with Crippen LogP contribution >= 0.6 is 0 Å². The lowest BCUT2D eigenvalue weighted by molar-refractivity contribution is 0.0928. The van der Waals surface area contributed by atoms with E-state index in [1.54, 1.807) is 18.4 Å². The number of rotatable bonds is 9. The number of carbonyl (C=O) groups excluding carboxylic acids is 1. The van der Waals surface area contributed by atoms with E-state index in [-0.39, 0.29) is 5.91 Å². The third kappa shape index (κ3) is 5.46. The van der Waals surface area contributed by atoms with E-state index in [0.717, 1.165) is 16.9 Å². The zero-order chi connectivity index (χ0) is 18.9. The van der Waals surface area contributed by atoms with Crippen molar-refractivity contribution in [1.29, 1.82) is 0 Å². The average molecular weight is 365 g/mol. The second kappa shape index (κ2) is 9.59. The van der Waals surface area contributed by atoms with E-state index < -0.39 is 0 Å². The molecule has 1 N–H and O–H groups in total. The Hall–Kier alpha value is -3.05. The molecule has 140 valence electrons. The lowest BCUT2D eigenvalue weighted by atomic mass is 10.1. The van der Waals surface area contributed by atoms with Gasteiger partial charge in [0.05, 0.1) is 25.0 Å². The first kappa shape index (κ1) is 18.7. The summed E-state index contributed by atoms with van der Waals surface area (Å²) in [7, 11) is 0. The summed E-state index contributed by atoms with van der Waals surface area (Å²) < 4.78 is 16.4. The molecule has 0 aliphatic heterocycles. The largest absolute Gasteiger partial charge is 0.493 e. The number of carbonyl (C=O) groups is 1. The Balaban J connectivity index is 1.54. The van der Waals surface area contributed by atoms with Crippen LogP contribution in [-0.4, -0.2) is 12.5 Å². The Morgan fingerprint density at radius 2 is 1.85 bits per heavy atom. The van der Waals surface area contributed by atoms with Crippen molar-refractivity contribution >= 4 is 5.91 Å². The van der Waals surface area contributed by atoms with Gasteiger partial charge in [0, 0.05) is 6.54 Å². The Morgan fingerprint density at radius 3 is 2.67 bits per heavy atom. The molecule has 5 nitrogen and oxygen atoms in total. The molecule has 0 bridgehead atoms. The zero-order valence-electron chi connectivity index (χ0n) is 15.3. The van der Waals surface area contributed by atoms with Crippen molar-refractivity contribution in [3.8, 4) is 5.75 Å². The van der Waals surface area contributed by atoms with E-state index in [1.165, 1.54) is 0 Å². The fourth-order valence-corrected chi connectivity index (χ4v) is 2.71. The predicted octanol–water partition coefficient (Wildman–Crippen LogP) is 4.33. The molecule has 27 heavy (non-hydrogen) atoms. The van der Waals surface area contributed by atoms with E-state index in [4.69, 9.17) is 13.9 Å². The van der Waals surface area contributed by atoms with Gasteiger partial charge in [0.25, 0.3) is 5.91 Å². The van der Waals surface area contributed by atoms with E-state index in [9.17, 15) is 4.79 Å². The molecule has 2 aromatic carbocycles. The van der Waals surface area contributed by atoms with Crippen molar-refractivity contribution in [2.75, 3.05) is 6.61 Å². The van der Waals surface area contributed by atoms with Gasteiger partial charge in [-0.3, -0.25) is 4.79 Å². The van der Waals surface area contributed by atoms with Crippen LogP contribution in [0.4, 0.5) is 0 Å².